The Labute approximate surface area is 328 Å². The summed E-state index contributed by atoms with van der Waals surface area (Å²) in [7, 11) is 0. The molecular weight excluding hydrogens is 675 g/mol. The number of dihydropyridines is 1. The molecule has 0 saturated carbocycles. The molecule has 1 aliphatic carbocycles. The number of aliphatic hydroxyl groups is 1. The molecule has 2 heterocycles. The Morgan fingerprint density at radius 2 is 1.19 bits per heavy atom. The lowest BCUT2D eigenvalue weighted by atomic mass is 9.85. The lowest BCUT2D eigenvalue weighted by molar-refractivity contribution is -0.464. The fourth-order valence-corrected chi connectivity index (χ4v) is 8.69. The zero-order valence-corrected chi connectivity index (χ0v) is 35.4. The van der Waals surface area contributed by atoms with Gasteiger partial charge in [0.25, 0.3) is 6.61 Å². The van der Waals surface area contributed by atoms with Gasteiger partial charge in [-0.2, -0.15) is 0 Å². The van der Waals surface area contributed by atoms with E-state index >= 15 is 0 Å². The van der Waals surface area contributed by atoms with Gasteiger partial charge in [-0.05, 0) is 44.6 Å². The normalized spacial score (nSPS) is 17.6. The minimum Gasteiger partial charge on any atom is -0.506 e. The van der Waals surface area contributed by atoms with Crippen molar-refractivity contribution in [3.63, 3.8) is 0 Å². The summed E-state index contributed by atoms with van der Waals surface area (Å²) in [6.07, 6.45) is 38.3. The minimum atomic E-state index is -0.162. The second-order valence-corrected chi connectivity index (χ2v) is 16.7. The first-order valence-corrected chi connectivity index (χ1v) is 22.9. The Kier molecular flexibility index (Phi) is 22.9. The number of thiazole rings is 1. The number of aromatic nitrogens is 1. The van der Waals surface area contributed by atoms with Gasteiger partial charge in [-0.25, -0.2) is 9.98 Å². The van der Waals surface area contributed by atoms with E-state index in [-0.39, 0.29) is 17.1 Å². The number of aliphatic hydroxyl groups excluding tert-OH is 1. The van der Waals surface area contributed by atoms with Crippen LogP contribution in [0.3, 0.4) is 0 Å². The number of rotatable bonds is 31. The molecule has 1 N–H and O–H groups in total. The third kappa shape index (κ3) is 16.0. The first kappa shape index (κ1) is 44.9. The van der Waals surface area contributed by atoms with Crippen molar-refractivity contribution in [2.75, 3.05) is 24.6 Å². The van der Waals surface area contributed by atoms with Gasteiger partial charge < -0.3 is 10.0 Å². The van der Waals surface area contributed by atoms with Crippen LogP contribution in [0.25, 0.3) is 5.57 Å². The van der Waals surface area contributed by atoms with E-state index in [1.165, 1.54) is 165 Å². The number of ketones is 2. The summed E-state index contributed by atoms with van der Waals surface area (Å²) in [5, 5.41) is 12.1. The van der Waals surface area contributed by atoms with Crippen LogP contribution in [-0.4, -0.2) is 47.6 Å². The van der Waals surface area contributed by atoms with Crippen molar-refractivity contribution in [3.8, 4) is 0 Å². The van der Waals surface area contributed by atoms with Gasteiger partial charge in [-0.15, -0.1) is 0 Å². The van der Waals surface area contributed by atoms with Crippen LogP contribution in [-0.2, 0) is 9.22 Å². The Morgan fingerprint density at radius 1 is 0.679 bits per heavy atom. The monoisotopic (exact) mass is 751 g/mol. The molecular formula is C46H76N3O3S+. The number of hydrogen-bond acceptors (Lipinski definition) is 6. The average Bonchev–Trinajstić information content (AvgIpc) is 3.64. The number of hydrogen-bond donors (Lipinski definition) is 1. The van der Waals surface area contributed by atoms with Gasteiger partial charge in [-0.3, -0.25) is 9.22 Å². The molecule has 53 heavy (non-hydrogen) atoms. The van der Waals surface area contributed by atoms with Crippen molar-refractivity contribution in [3.05, 3.63) is 40.3 Å². The fraction of sp³-hybridized carbons (Fsp3) is 0.739. The van der Waals surface area contributed by atoms with Crippen LogP contribution in [0.5, 0.6) is 0 Å². The van der Waals surface area contributed by atoms with Gasteiger partial charge in [-0.1, -0.05) is 167 Å². The molecule has 1 aromatic heterocycles. The van der Waals surface area contributed by atoms with Crippen LogP contribution < -0.4 is 4.90 Å². The summed E-state index contributed by atoms with van der Waals surface area (Å²) in [6.45, 7) is 13.9. The van der Waals surface area contributed by atoms with E-state index in [9.17, 15) is 9.90 Å². The van der Waals surface area contributed by atoms with Crippen LogP contribution in [0.4, 0.5) is 5.13 Å². The predicted molar refractivity (Wildman–Crippen MR) is 230 cm³/mol. The van der Waals surface area contributed by atoms with Crippen LogP contribution >= 0.6 is 11.3 Å². The second-order valence-electron chi connectivity index (χ2n) is 15.7. The molecule has 0 amide bonds. The highest BCUT2D eigenvalue weighted by Gasteiger charge is 2.39. The molecule has 6 nitrogen and oxygen atoms in total. The van der Waals surface area contributed by atoms with Crippen molar-refractivity contribution in [1.29, 1.82) is 0 Å². The molecule has 298 valence electrons. The summed E-state index contributed by atoms with van der Waals surface area (Å²) in [6, 6.07) is 0. The molecule has 0 bridgehead atoms. The lowest BCUT2D eigenvalue weighted by Crippen LogP contribution is -2.29. The van der Waals surface area contributed by atoms with E-state index in [2.05, 4.69) is 44.5 Å². The van der Waals surface area contributed by atoms with E-state index in [1.54, 1.807) is 18.5 Å². The molecule has 0 radical (unpaired) electrons. The molecule has 2 aliphatic rings. The maximum Gasteiger partial charge on any atom is 0.361 e. The highest BCUT2D eigenvalue weighted by Crippen LogP contribution is 2.42. The van der Waals surface area contributed by atoms with Gasteiger partial charge in [0.15, 0.2) is 5.13 Å². The number of nitrogens with zero attached hydrogens (tertiary/aromatic N) is 3. The zero-order valence-electron chi connectivity index (χ0n) is 34.6. The molecule has 2 atom stereocenters. The van der Waals surface area contributed by atoms with Crippen LogP contribution in [0, 0.1) is 11.8 Å². The van der Waals surface area contributed by atoms with Crippen molar-refractivity contribution >= 4 is 39.8 Å². The van der Waals surface area contributed by atoms with Gasteiger partial charge in [0.2, 0.25) is 5.78 Å². The van der Waals surface area contributed by atoms with Crippen molar-refractivity contribution in [2.24, 2.45) is 16.8 Å². The Hall–Kier alpha value is -2.54. The largest absolute Gasteiger partial charge is 0.506 e. The van der Waals surface area contributed by atoms with E-state index in [0.29, 0.717) is 29.7 Å². The Balaban J connectivity index is 1.61. The summed E-state index contributed by atoms with van der Waals surface area (Å²) < 4.78 is 6.25. The van der Waals surface area contributed by atoms with Crippen molar-refractivity contribution in [2.45, 2.75) is 189 Å². The highest BCUT2D eigenvalue weighted by atomic mass is 32.1. The number of unbranched alkanes of at least 4 members (excludes halogenated alkanes) is 16. The molecule has 0 saturated heterocycles. The number of carbonyl (C=O) groups excluding carboxylic acids is 2. The smallest absolute Gasteiger partial charge is 0.361 e. The Morgan fingerprint density at radius 3 is 1.68 bits per heavy atom. The average molecular weight is 751 g/mol. The highest BCUT2D eigenvalue weighted by molar-refractivity contribution is 7.17. The predicted octanol–water partition coefficient (Wildman–Crippen LogP) is 13.5. The van der Waals surface area contributed by atoms with Crippen LogP contribution in [0.15, 0.2) is 40.4 Å². The molecule has 1 aromatic rings. The van der Waals surface area contributed by atoms with Crippen molar-refractivity contribution in [1.82, 2.24) is 4.98 Å². The van der Waals surface area contributed by atoms with E-state index in [1.807, 2.05) is 6.08 Å². The number of allylic oxidation sites excluding steroid dienone is 4. The maximum atomic E-state index is 13.5. The lowest BCUT2D eigenvalue weighted by Gasteiger charge is -2.26. The molecule has 2 unspecified atom stereocenters. The first-order valence-electron chi connectivity index (χ1n) is 22.1. The molecule has 1 aliphatic heterocycles. The molecule has 0 aromatic carbocycles. The molecule has 3 rings (SSSR count). The number of Topliss-reactive ketones (excluding diaryl/α,β-unsaturated/α-hetero) is 1. The van der Waals surface area contributed by atoms with E-state index in [4.69, 9.17) is 9.41 Å². The molecule has 0 spiro atoms. The standard InChI is InChI=1S/C46H75N3O3S/c1-6-11-15-19-21-25-28-37(27-23-17-13-8-3)35-49(10-5)46-48-34-41(53-46)43-44(50)42(45(43)51)40-32-31-39(33-47-40)52-36-38(29-24-18-14-9-4)30-26-22-20-16-12-7-2/h31-34,37-38H,6-30,35-36H2,1-5H3/p+1. The number of carbonyl (C=O) groups is 1. The van der Waals surface area contributed by atoms with Gasteiger partial charge in [0.1, 0.15) is 12.0 Å². The topological polar surface area (TPSA) is 77.1 Å². The summed E-state index contributed by atoms with van der Waals surface area (Å²) >= 11 is 1.52. The number of aliphatic imine (C=N–C) groups is 1. The van der Waals surface area contributed by atoms with E-state index < -0.39 is 0 Å². The first-order chi connectivity index (χ1) is 26.0. The van der Waals surface area contributed by atoms with Crippen LogP contribution in [0.1, 0.15) is 194 Å². The summed E-state index contributed by atoms with van der Waals surface area (Å²) in [5.74, 6) is 1.79. The quantitative estimate of drug-likeness (QED) is 0.0466. The number of anilines is 1. The second kappa shape index (κ2) is 27.1. The van der Waals surface area contributed by atoms with Gasteiger partial charge in [0.05, 0.1) is 21.7 Å². The third-order valence-corrected chi connectivity index (χ3v) is 12.2. The van der Waals surface area contributed by atoms with E-state index in [0.717, 1.165) is 28.9 Å². The zero-order chi connectivity index (χ0) is 38.1. The molecule has 7 heteroatoms. The van der Waals surface area contributed by atoms with Gasteiger partial charge >= 0.3 is 5.78 Å². The van der Waals surface area contributed by atoms with Crippen molar-refractivity contribution < 1.29 is 14.3 Å². The molecule has 0 fully saturated rings. The maximum absolute atomic E-state index is 13.5. The SMILES string of the molecule is CCCCCCCCC(CCCCCC)C/[O+]=C1C=C/C(=C2/C(=O)C(c3cnc(N(CC)CC(CCCCCC)CCCCCCCC)s3)=C2O)N=C/1. The van der Waals surface area contributed by atoms with Crippen LogP contribution in [0.2, 0.25) is 0 Å². The minimum absolute atomic E-state index is 0.0253. The fourth-order valence-electron chi connectivity index (χ4n) is 7.66. The summed E-state index contributed by atoms with van der Waals surface area (Å²) in [5.41, 5.74) is 1.15. The van der Waals surface area contributed by atoms with Gasteiger partial charge in [0, 0.05) is 31.3 Å². The third-order valence-electron chi connectivity index (χ3n) is 11.1. The summed E-state index contributed by atoms with van der Waals surface area (Å²) in [4.78, 5) is 25.9. The Bertz CT molecular complexity index is 1320.